The lowest BCUT2D eigenvalue weighted by molar-refractivity contribution is -0.128. The van der Waals surface area contributed by atoms with E-state index >= 15 is 0 Å². The molecule has 0 radical (unpaired) electrons. The molecule has 1 aliphatic heterocycles. The van der Waals surface area contributed by atoms with Crippen LogP contribution in [0.3, 0.4) is 0 Å². The van der Waals surface area contributed by atoms with E-state index in [1.54, 1.807) is 29.4 Å². The second kappa shape index (κ2) is 6.97. The molecule has 0 aliphatic carbocycles. The molecule has 1 saturated heterocycles. The number of aromatic amines is 1. The third kappa shape index (κ3) is 3.04. The molecule has 7 nitrogen and oxygen atoms in total. The van der Waals surface area contributed by atoms with Crippen LogP contribution < -0.4 is 0 Å². The number of benzene rings is 1. The van der Waals surface area contributed by atoms with Crippen LogP contribution in [0.4, 0.5) is 0 Å². The first-order valence-corrected chi connectivity index (χ1v) is 8.40. The molecule has 2 N–H and O–H groups in total. The Labute approximate surface area is 150 Å². The van der Waals surface area contributed by atoms with Gasteiger partial charge in [-0.15, -0.1) is 0 Å². The number of carbonyl (C=O) groups is 1. The Hall–Kier alpha value is -3.19. The van der Waals surface area contributed by atoms with Crippen molar-refractivity contribution in [3.63, 3.8) is 0 Å². The quantitative estimate of drug-likeness (QED) is 0.558. The zero-order valence-electron chi connectivity index (χ0n) is 14.1. The number of para-hydroxylation sites is 2. The topological polar surface area (TPSA) is 91.3 Å². The predicted octanol–water partition coefficient (Wildman–Crippen LogP) is 2.24. The van der Waals surface area contributed by atoms with Gasteiger partial charge in [-0.05, 0) is 24.3 Å². The lowest BCUT2D eigenvalue weighted by Crippen LogP contribution is -2.41. The number of nitrogens with zero attached hydrogens (tertiary/aromatic N) is 3. The number of pyridine rings is 1. The summed E-state index contributed by atoms with van der Waals surface area (Å²) in [5.74, 6) is -0.0541. The number of hydrogen-bond acceptors (Lipinski definition) is 5. The molecule has 3 aromatic rings. The zero-order valence-corrected chi connectivity index (χ0v) is 14.1. The highest BCUT2D eigenvalue weighted by molar-refractivity contribution is 6.25. The van der Waals surface area contributed by atoms with Crippen LogP contribution in [0.1, 0.15) is 11.4 Å². The summed E-state index contributed by atoms with van der Waals surface area (Å²) in [5, 5.41) is 10.9. The summed E-state index contributed by atoms with van der Waals surface area (Å²) in [7, 11) is 0. The largest absolute Gasteiger partial charge is 0.506 e. The fourth-order valence-corrected chi connectivity index (χ4v) is 2.96. The highest BCUT2D eigenvalue weighted by Gasteiger charge is 2.27. The number of ether oxygens (including phenoxy) is 1. The van der Waals surface area contributed by atoms with Gasteiger partial charge in [-0.3, -0.25) is 9.78 Å². The number of aliphatic hydroxyl groups excluding tert-OH is 1. The van der Waals surface area contributed by atoms with E-state index in [9.17, 15) is 9.90 Å². The van der Waals surface area contributed by atoms with Crippen LogP contribution >= 0.6 is 0 Å². The van der Waals surface area contributed by atoms with Gasteiger partial charge in [0.15, 0.2) is 0 Å². The fourth-order valence-electron chi connectivity index (χ4n) is 2.96. The summed E-state index contributed by atoms with van der Waals surface area (Å²) in [6, 6.07) is 10.8. The Balaban J connectivity index is 1.84. The van der Waals surface area contributed by atoms with Crippen LogP contribution in [0.2, 0.25) is 0 Å². The number of aliphatic hydroxyl groups is 1. The standard InChI is InChI=1S/C19H18N4O3/c24-17(13-5-7-20-8-6-13)16(19(25)23-9-11-26-12-10-23)18-21-14-3-1-2-4-15(14)22-18/h1-8,24H,9-12H2,(H,21,22). The van der Waals surface area contributed by atoms with Crippen LogP contribution in [0, 0.1) is 0 Å². The third-order valence-corrected chi connectivity index (χ3v) is 4.33. The van der Waals surface area contributed by atoms with Gasteiger partial charge < -0.3 is 19.7 Å². The minimum Gasteiger partial charge on any atom is -0.506 e. The van der Waals surface area contributed by atoms with Crippen LogP contribution in [0.25, 0.3) is 22.4 Å². The van der Waals surface area contributed by atoms with E-state index in [2.05, 4.69) is 15.0 Å². The molecule has 1 aromatic carbocycles. The average molecular weight is 350 g/mol. The normalized spacial score (nSPS) is 15.8. The Morgan fingerprint density at radius 3 is 2.58 bits per heavy atom. The van der Waals surface area contributed by atoms with E-state index in [1.165, 1.54) is 0 Å². The van der Waals surface area contributed by atoms with Gasteiger partial charge in [-0.25, -0.2) is 4.98 Å². The summed E-state index contributed by atoms with van der Waals surface area (Å²) in [4.78, 5) is 26.4. The van der Waals surface area contributed by atoms with Crippen molar-refractivity contribution in [1.29, 1.82) is 0 Å². The van der Waals surface area contributed by atoms with Gasteiger partial charge in [0, 0.05) is 31.0 Å². The van der Waals surface area contributed by atoms with Crippen molar-refractivity contribution in [2.45, 2.75) is 0 Å². The zero-order chi connectivity index (χ0) is 17.9. The molecule has 0 saturated carbocycles. The Morgan fingerprint density at radius 1 is 1.12 bits per heavy atom. The van der Waals surface area contributed by atoms with Crippen molar-refractivity contribution in [2.24, 2.45) is 0 Å². The van der Waals surface area contributed by atoms with Gasteiger partial charge in [0.25, 0.3) is 5.91 Å². The molecule has 3 heterocycles. The van der Waals surface area contributed by atoms with Gasteiger partial charge in [0.05, 0.1) is 24.2 Å². The lowest BCUT2D eigenvalue weighted by atomic mass is 10.1. The summed E-state index contributed by atoms with van der Waals surface area (Å²) in [6.07, 6.45) is 3.14. The number of morpholine rings is 1. The smallest absolute Gasteiger partial charge is 0.261 e. The van der Waals surface area contributed by atoms with E-state index in [4.69, 9.17) is 4.74 Å². The van der Waals surface area contributed by atoms with Gasteiger partial charge >= 0.3 is 0 Å². The molecule has 132 valence electrons. The second-order valence-electron chi connectivity index (χ2n) is 5.97. The summed E-state index contributed by atoms with van der Waals surface area (Å²) in [5.41, 5.74) is 2.20. The maximum Gasteiger partial charge on any atom is 0.261 e. The maximum absolute atomic E-state index is 13.2. The number of hydrogen-bond donors (Lipinski definition) is 2. The van der Waals surface area contributed by atoms with Gasteiger partial charge in [0.2, 0.25) is 0 Å². The number of amides is 1. The van der Waals surface area contributed by atoms with Crippen molar-refractivity contribution in [1.82, 2.24) is 19.9 Å². The molecule has 2 aromatic heterocycles. The van der Waals surface area contributed by atoms with Gasteiger partial charge in [-0.1, -0.05) is 12.1 Å². The number of nitrogens with one attached hydrogen (secondary N) is 1. The predicted molar refractivity (Wildman–Crippen MR) is 97.2 cm³/mol. The fraction of sp³-hybridized carbons (Fsp3) is 0.211. The van der Waals surface area contributed by atoms with Crippen LogP contribution in [0.5, 0.6) is 0 Å². The third-order valence-electron chi connectivity index (χ3n) is 4.33. The monoisotopic (exact) mass is 350 g/mol. The molecule has 1 amide bonds. The van der Waals surface area contributed by atoms with Crippen LogP contribution in [-0.4, -0.2) is 57.2 Å². The lowest BCUT2D eigenvalue weighted by Gasteiger charge is -2.27. The number of rotatable bonds is 3. The Morgan fingerprint density at radius 2 is 1.85 bits per heavy atom. The molecule has 7 heteroatoms. The van der Waals surface area contributed by atoms with E-state index in [0.717, 1.165) is 11.0 Å². The number of fused-ring (bicyclic) bond motifs is 1. The molecule has 1 aliphatic rings. The first kappa shape index (κ1) is 16.3. The molecule has 0 spiro atoms. The van der Waals surface area contributed by atoms with Crippen LogP contribution in [0.15, 0.2) is 48.8 Å². The first-order valence-electron chi connectivity index (χ1n) is 8.40. The number of aromatic nitrogens is 3. The number of carbonyl (C=O) groups excluding carboxylic acids is 1. The average Bonchev–Trinajstić information content (AvgIpc) is 3.13. The maximum atomic E-state index is 13.2. The molecular formula is C19H18N4O3. The van der Waals surface area contributed by atoms with Crippen molar-refractivity contribution in [3.05, 3.63) is 60.2 Å². The van der Waals surface area contributed by atoms with Gasteiger partial charge in [-0.2, -0.15) is 0 Å². The summed E-state index contributed by atoms with van der Waals surface area (Å²) in [6.45, 7) is 1.92. The Bertz CT molecular complexity index is 926. The Kier molecular flexibility index (Phi) is 4.37. The second-order valence-corrected chi connectivity index (χ2v) is 5.97. The molecule has 0 unspecified atom stereocenters. The molecule has 4 rings (SSSR count). The van der Waals surface area contributed by atoms with Crippen molar-refractivity contribution in [2.75, 3.05) is 26.3 Å². The highest BCUT2D eigenvalue weighted by atomic mass is 16.5. The number of imidazole rings is 1. The number of H-pyrrole nitrogens is 1. The van der Waals surface area contributed by atoms with Crippen molar-refractivity contribution < 1.29 is 14.6 Å². The molecule has 1 fully saturated rings. The van der Waals surface area contributed by atoms with E-state index in [-0.39, 0.29) is 17.2 Å². The minimum absolute atomic E-state index is 0.122. The molecule has 0 bridgehead atoms. The van der Waals surface area contributed by atoms with Crippen molar-refractivity contribution >= 4 is 28.3 Å². The molecule has 26 heavy (non-hydrogen) atoms. The highest BCUT2D eigenvalue weighted by Crippen LogP contribution is 2.26. The summed E-state index contributed by atoms with van der Waals surface area (Å²) >= 11 is 0. The van der Waals surface area contributed by atoms with E-state index in [0.29, 0.717) is 37.7 Å². The molecular weight excluding hydrogens is 332 g/mol. The first-order chi connectivity index (χ1) is 12.7. The van der Waals surface area contributed by atoms with Gasteiger partial charge in [0.1, 0.15) is 17.2 Å². The minimum atomic E-state index is -0.276. The van der Waals surface area contributed by atoms with E-state index < -0.39 is 0 Å². The van der Waals surface area contributed by atoms with E-state index in [1.807, 2.05) is 24.3 Å². The SMILES string of the molecule is O=C(C(=C(O)c1ccncc1)c1nc2ccccc2[nH]1)N1CCOCC1. The van der Waals surface area contributed by atoms with Crippen LogP contribution in [-0.2, 0) is 9.53 Å². The summed E-state index contributed by atoms with van der Waals surface area (Å²) < 4.78 is 5.32. The molecule has 0 atom stereocenters. The van der Waals surface area contributed by atoms with Crippen molar-refractivity contribution in [3.8, 4) is 0 Å².